The minimum atomic E-state index is -4.96. The molecule has 6 atom stereocenters. The van der Waals surface area contributed by atoms with Gasteiger partial charge in [0, 0.05) is 25.7 Å². The van der Waals surface area contributed by atoms with Crippen molar-refractivity contribution in [2.45, 2.75) is 445 Å². The largest absolute Gasteiger partial charge is 0.472 e. The van der Waals surface area contributed by atoms with Gasteiger partial charge in [0.2, 0.25) is 0 Å². The Labute approximate surface area is 613 Å². The van der Waals surface area contributed by atoms with Crippen LogP contribution in [0.2, 0.25) is 0 Å². The molecule has 0 aromatic rings. The van der Waals surface area contributed by atoms with Gasteiger partial charge in [0.15, 0.2) is 12.2 Å². The van der Waals surface area contributed by atoms with Crippen molar-refractivity contribution < 1.29 is 80.2 Å². The molecule has 0 heterocycles. The van der Waals surface area contributed by atoms with Crippen LogP contribution in [0.25, 0.3) is 0 Å². The summed E-state index contributed by atoms with van der Waals surface area (Å²) >= 11 is 0. The molecule has 0 aliphatic rings. The monoisotopic (exact) mass is 1470 g/mol. The van der Waals surface area contributed by atoms with E-state index in [1.54, 1.807) is 0 Å². The van der Waals surface area contributed by atoms with Crippen molar-refractivity contribution in [1.82, 2.24) is 0 Å². The van der Waals surface area contributed by atoms with Gasteiger partial charge in [0.05, 0.1) is 26.4 Å². The van der Waals surface area contributed by atoms with Gasteiger partial charge < -0.3 is 33.8 Å². The number of hydrogen-bond acceptors (Lipinski definition) is 15. The van der Waals surface area contributed by atoms with Crippen molar-refractivity contribution >= 4 is 39.5 Å². The molecule has 0 saturated carbocycles. The zero-order chi connectivity index (χ0) is 73.5. The Kier molecular flexibility index (Phi) is 71.2. The second-order valence-corrected chi connectivity index (χ2v) is 32.8. The van der Waals surface area contributed by atoms with Crippen molar-refractivity contribution in [2.24, 2.45) is 11.8 Å². The van der Waals surface area contributed by atoms with Crippen molar-refractivity contribution in [3.63, 3.8) is 0 Å². The van der Waals surface area contributed by atoms with Crippen molar-refractivity contribution in [3.8, 4) is 0 Å². The maximum absolute atomic E-state index is 13.1. The number of unbranched alkanes of at least 4 members (excludes halogenated alkanes) is 49. The number of carbonyl (C=O) groups is 4. The van der Waals surface area contributed by atoms with E-state index in [4.69, 9.17) is 37.0 Å². The fraction of sp³-hybridized carbons (Fsp3) is 0.951. The molecule has 0 aromatic carbocycles. The predicted molar refractivity (Wildman–Crippen MR) is 409 cm³/mol. The fourth-order valence-electron chi connectivity index (χ4n) is 12.5. The summed E-state index contributed by atoms with van der Waals surface area (Å²) in [5, 5.41) is 10.6. The number of aliphatic hydroxyl groups excluding tert-OH is 1. The van der Waals surface area contributed by atoms with Crippen LogP contribution >= 0.6 is 15.6 Å². The molecular weight excluding hydrogens is 1310 g/mol. The Morgan fingerprint density at radius 2 is 0.510 bits per heavy atom. The summed E-state index contributed by atoms with van der Waals surface area (Å²) in [6, 6.07) is 0. The molecule has 3 N–H and O–H groups in total. The van der Waals surface area contributed by atoms with Gasteiger partial charge in [-0.05, 0) is 37.5 Å². The molecule has 0 fully saturated rings. The molecule has 0 aliphatic heterocycles. The summed E-state index contributed by atoms with van der Waals surface area (Å²) in [6.45, 7) is 9.70. The molecule has 0 saturated heterocycles. The Hall–Kier alpha value is -1.94. The Bertz CT molecular complexity index is 1930. The summed E-state index contributed by atoms with van der Waals surface area (Å²) in [4.78, 5) is 72.9. The highest BCUT2D eigenvalue weighted by Crippen LogP contribution is 2.45. The molecule has 0 rings (SSSR count). The fourth-order valence-corrected chi connectivity index (χ4v) is 14.1. The Morgan fingerprint density at radius 1 is 0.290 bits per heavy atom. The van der Waals surface area contributed by atoms with Crippen LogP contribution in [-0.2, 0) is 65.4 Å². The molecule has 0 bridgehead atoms. The maximum atomic E-state index is 13.1. The van der Waals surface area contributed by atoms with E-state index in [-0.39, 0.29) is 25.7 Å². The van der Waals surface area contributed by atoms with Crippen LogP contribution in [0.5, 0.6) is 0 Å². The molecule has 0 radical (unpaired) electrons. The van der Waals surface area contributed by atoms with Gasteiger partial charge in [-0.1, -0.05) is 375 Å². The van der Waals surface area contributed by atoms with Crippen LogP contribution in [0.15, 0.2) is 0 Å². The van der Waals surface area contributed by atoms with Crippen LogP contribution in [0.1, 0.15) is 427 Å². The second-order valence-electron chi connectivity index (χ2n) is 29.9. The molecule has 0 spiro atoms. The lowest BCUT2D eigenvalue weighted by molar-refractivity contribution is -0.161. The lowest BCUT2D eigenvalue weighted by atomic mass is 9.99. The van der Waals surface area contributed by atoms with Gasteiger partial charge in [-0.2, -0.15) is 0 Å². The zero-order valence-electron chi connectivity index (χ0n) is 65.5. The van der Waals surface area contributed by atoms with Gasteiger partial charge in [0.25, 0.3) is 0 Å². The summed E-state index contributed by atoms with van der Waals surface area (Å²) in [5.74, 6) is -0.427. The van der Waals surface area contributed by atoms with Crippen LogP contribution in [-0.4, -0.2) is 96.7 Å². The number of carbonyl (C=O) groups excluding carboxylic acids is 4. The van der Waals surface area contributed by atoms with Gasteiger partial charge >= 0.3 is 39.5 Å². The summed E-state index contributed by atoms with van der Waals surface area (Å²) in [7, 11) is -9.91. The minimum absolute atomic E-state index is 0.107. The van der Waals surface area contributed by atoms with E-state index in [9.17, 15) is 43.2 Å². The molecular formula is C81H158O17P2. The number of hydrogen-bond donors (Lipinski definition) is 3. The lowest BCUT2D eigenvalue weighted by Gasteiger charge is -2.21. The SMILES string of the molecule is CCCCCCCCCCCCC(=O)O[C@H](COC(=O)CCCCCCCCCCC)COP(=O)(O)OC[C@H](O)COP(=O)(O)OC[C@@H](COC(=O)CCCCCCCCCCCCCCCCCCC(C)C)OC(=O)CCCCCCCCCCCCCCCCCCCCC(C)CC. The van der Waals surface area contributed by atoms with Gasteiger partial charge in [-0.15, -0.1) is 0 Å². The highest BCUT2D eigenvalue weighted by atomic mass is 31.2. The number of aliphatic hydroxyl groups is 1. The van der Waals surface area contributed by atoms with Gasteiger partial charge in [-0.3, -0.25) is 37.3 Å². The first kappa shape index (κ1) is 98.1. The van der Waals surface area contributed by atoms with Gasteiger partial charge in [-0.25, -0.2) is 9.13 Å². The quantitative estimate of drug-likeness (QED) is 0.0222. The van der Waals surface area contributed by atoms with E-state index >= 15 is 0 Å². The summed E-state index contributed by atoms with van der Waals surface area (Å²) in [5.41, 5.74) is 0. The van der Waals surface area contributed by atoms with E-state index in [0.29, 0.717) is 25.7 Å². The number of phosphoric acid groups is 2. The molecule has 100 heavy (non-hydrogen) atoms. The van der Waals surface area contributed by atoms with E-state index in [0.717, 1.165) is 102 Å². The maximum Gasteiger partial charge on any atom is 0.472 e. The van der Waals surface area contributed by atoms with E-state index in [1.807, 2.05) is 0 Å². The van der Waals surface area contributed by atoms with Crippen molar-refractivity contribution in [1.29, 1.82) is 0 Å². The molecule has 0 aliphatic carbocycles. The standard InChI is InChI=1S/C81H158O17P2/c1-7-10-12-14-16-18-40-47-53-59-65-80(85)97-76(69-91-78(83)63-57-51-45-37-17-15-13-11-8-2)71-95-99(87,88)93-67-75(82)68-94-100(89,90)96-72-77(70-92-79(84)64-58-52-46-41-35-31-27-24-23-25-29-33-38-43-49-55-61-73(4)5)98-81(86)66-60-54-48-42-36-32-28-22-20-19-21-26-30-34-39-44-50-56-62-74(6)9-3/h73-77,82H,7-72H2,1-6H3,(H,87,88)(H,89,90)/t74?,75-,76+,77+/m0/s1. The number of rotatable bonds is 80. The summed E-state index contributed by atoms with van der Waals surface area (Å²) in [6.07, 6.45) is 62.5. The Balaban J connectivity index is 5.17. The Morgan fingerprint density at radius 3 is 0.760 bits per heavy atom. The molecule has 0 aromatic heterocycles. The van der Waals surface area contributed by atoms with Crippen molar-refractivity contribution in [3.05, 3.63) is 0 Å². The lowest BCUT2D eigenvalue weighted by Crippen LogP contribution is -2.30. The van der Waals surface area contributed by atoms with Crippen LogP contribution in [0.3, 0.4) is 0 Å². The average molecular weight is 1470 g/mol. The molecule has 594 valence electrons. The second kappa shape index (κ2) is 72.6. The minimum Gasteiger partial charge on any atom is -0.462 e. The van der Waals surface area contributed by atoms with Crippen LogP contribution < -0.4 is 0 Å². The highest BCUT2D eigenvalue weighted by Gasteiger charge is 2.30. The zero-order valence-corrected chi connectivity index (χ0v) is 67.3. The smallest absolute Gasteiger partial charge is 0.462 e. The third-order valence-corrected chi connectivity index (χ3v) is 21.2. The number of phosphoric ester groups is 2. The van der Waals surface area contributed by atoms with E-state index in [2.05, 4.69) is 41.5 Å². The number of esters is 4. The van der Waals surface area contributed by atoms with Crippen LogP contribution in [0.4, 0.5) is 0 Å². The van der Waals surface area contributed by atoms with Crippen LogP contribution in [0, 0.1) is 11.8 Å². The highest BCUT2D eigenvalue weighted by molar-refractivity contribution is 7.47. The molecule has 19 heteroatoms. The first-order valence-corrected chi connectivity index (χ1v) is 45.0. The van der Waals surface area contributed by atoms with E-state index < -0.39 is 97.5 Å². The first-order valence-electron chi connectivity index (χ1n) is 42.0. The van der Waals surface area contributed by atoms with E-state index in [1.165, 1.54) is 244 Å². The van der Waals surface area contributed by atoms with Gasteiger partial charge in [0.1, 0.15) is 19.3 Å². The summed E-state index contributed by atoms with van der Waals surface area (Å²) < 4.78 is 68.6. The average Bonchev–Trinajstić information content (AvgIpc) is 1.04. The molecule has 17 nitrogen and oxygen atoms in total. The third kappa shape index (κ3) is 73.0. The molecule has 3 unspecified atom stereocenters. The topological polar surface area (TPSA) is 237 Å². The first-order chi connectivity index (χ1) is 48.4. The third-order valence-electron chi connectivity index (χ3n) is 19.3. The normalized spacial score (nSPS) is 14.2. The molecule has 0 amide bonds. The van der Waals surface area contributed by atoms with Crippen molar-refractivity contribution in [2.75, 3.05) is 39.6 Å². The number of ether oxygens (including phenoxy) is 4. The predicted octanol–water partition coefficient (Wildman–Crippen LogP) is 24.3.